The van der Waals surface area contributed by atoms with Gasteiger partial charge in [0.05, 0.1) is 13.3 Å². The van der Waals surface area contributed by atoms with E-state index in [4.69, 9.17) is 25.8 Å². The van der Waals surface area contributed by atoms with E-state index in [-0.39, 0.29) is 5.75 Å². The van der Waals surface area contributed by atoms with E-state index in [0.29, 0.717) is 45.9 Å². The Bertz CT molecular complexity index is 1160. The number of methoxy groups -OCH3 is 1. The Morgan fingerprint density at radius 3 is 2.60 bits per heavy atom. The molecule has 0 unspecified atom stereocenters. The summed E-state index contributed by atoms with van der Waals surface area (Å²) in [7, 11) is 1.59. The van der Waals surface area contributed by atoms with Gasteiger partial charge in [-0.3, -0.25) is 5.10 Å². The van der Waals surface area contributed by atoms with E-state index in [1.54, 1.807) is 43.6 Å². The van der Waals surface area contributed by atoms with E-state index in [1.165, 1.54) is 0 Å². The van der Waals surface area contributed by atoms with Gasteiger partial charge >= 0.3 is 0 Å². The number of rotatable bonds is 7. The van der Waals surface area contributed by atoms with Crippen molar-refractivity contribution in [2.75, 3.05) is 7.11 Å². The fraction of sp³-hybridized carbons (Fsp3) is 0.0870. The van der Waals surface area contributed by atoms with Crippen molar-refractivity contribution in [3.63, 3.8) is 0 Å². The van der Waals surface area contributed by atoms with Crippen LogP contribution < -0.4 is 14.2 Å². The van der Waals surface area contributed by atoms with Gasteiger partial charge in [0.1, 0.15) is 35.3 Å². The molecule has 0 saturated carbocycles. The van der Waals surface area contributed by atoms with Gasteiger partial charge in [-0.05, 0) is 42.0 Å². The lowest BCUT2D eigenvalue weighted by molar-refractivity contribution is 0.304. The molecule has 0 aliphatic carbocycles. The lowest BCUT2D eigenvalue weighted by Gasteiger charge is -2.11. The van der Waals surface area contributed by atoms with Gasteiger partial charge in [0.2, 0.25) is 0 Å². The third kappa shape index (κ3) is 4.50. The number of aromatic hydroxyl groups is 1. The van der Waals surface area contributed by atoms with Crippen molar-refractivity contribution in [1.29, 1.82) is 0 Å². The van der Waals surface area contributed by atoms with Crippen LogP contribution in [0, 0.1) is 0 Å². The van der Waals surface area contributed by atoms with Crippen LogP contribution in [-0.4, -0.2) is 22.4 Å². The lowest BCUT2D eigenvalue weighted by Crippen LogP contribution is -1.95. The number of nitrogens with one attached hydrogen (secondary N) is 1. The van der Waals surface area contributed by atoms with Crippen LogP contribution in [0.1, 0.15) is 5.56 Å². The predicted molar refractivity (Wildman–Crippen MR) is 115 cm³/mol. The molecule has 152 valence electrons. The molecular formula is C23H19ClN2O4. The zero-order chi connectivity index (χ0) is 20.9. The minimum absolute atomic E-state index is 0.0401. The number of aromatic amines is 1. The first kappa shape index (κ1) is 19.7. The van der Waals surface area contributed by atoms with E-state index < -0.39 is 0 Å². The molecule has 0 bridgehead atoms. The van der Waals surface area contributed by atoms with Gasteiger partial charge in [-0.25, -0.2) is 0 Å². The van der Waals surface area contributed by atoms with Crippen LogP contribution in [0.25, 0.3) is 11.3 Å². The van der Waals surface area contributed by atoms with Gasteiger partial charge in [0.15, 0.2) is 5.75 Å². The molecule has 2 N–H and O–H groups in total. The normalized spacial score (nSPS) is 10.6. The van der Waals surface area contributed by atoms with Crippen molar-refractivity contribution in [2.24, 2.45) is 0 Å². The molecule has 0 amide bonds. The molecule has 1 aromatic heterocycles. The number of H-pyrrole nitrogens is 1. The van der Waals surface area contributed by atoms with Crippen LogP contribution in [-0.2, 0) is 6.61 Å². The molecule has 0 aliphatic heterocycles. The van der Waals surface area contributed by atoms with Gasteiger partial charge in [0, 0.05) is 22.7 Å². The largest absolute Gasteiger partial charge is 0.507 e. The predicted octanol–water partition coefficient (Wildman–Crippen LogP) is 5.82. The highest BCUT2D eigenvalue weighted by Gasteiger charge is 2.15. The molecule has 0 saturated heterocycles. The highest BCUT2D eigenvalue weighted by molar-refractivity contribution is 6.30. The van der Waals surface area contributed by atoms with E-state index in [9.17, 15) is 5.11 Å². The molecule has 4 rings (SSSR count). The summed E-state index contributed by atoms with van der Waals surface area (Å²) in [5.41, 5.74) is 2.03. The Labute approximate surface area is 178 Å². The number of benzene rings is 3. The highest BCUT2D eigenvalue weighted by atomic mass is 35.5. The van der Waals surface area contributed by atoms with Gasteiger partial charge in [0.25, 0.3) is 0 Å². The number of hydrogen-bond acceptors (Lipinski definition) is 5. The molecule has 7 heteroatoms. The van der Waals surface area contributed by atoms with Crippen LogP contribution in [0.15, 0.2) is 72.9 Å². The summed E-state index contributed by atoms with van der Waals surface area (Å²) in [6.07, 6.45) is 1.55. The average Bonchev–Trinajstić information content (AvgIpc) is 3.20. The van der Waals surface area contributed by atoms with Gasteiger partial charge < -0.3 is 19.3 Å². The summed E-state index contributed by atoms with van der Waals surface area (Å²) in [6, 6.07) is 19.7. The Morgan fingerprint density at radius 2 is 1.80 bits per heavy atom. The fourth-order valence-corrected chi connectivity index (χ4v) is 3.16. The van der Waals surface area contributed by atoms with E-state index in [1.807, 2.05) is 36.4 Å². The average molecular weight is 423 g/mol. The van der Waals surface area contributed by atoms with Crippen LogP contribution in [0.4, 0.5) is 0 Å². The number of phenolic OH excluding ortho intramolecular Hbond substituents is 1. The second-order valence-corrected chi connectivity index (χ2v) is 6.92. The number of aromatic nitrogens is 2. The van der Waals surface area contributed by atoms with Gasteiger partial charge in [-0.15, -0.1) is 0 Å². The Hall–Kier alpha value is -3.64. The summed E-state index contributed by atoms with van der Waals surface area (Å²) in [4.78, 5) is 0. The molecule has 1 heterocycles. The second-order valence-electron chi connectivity index (χ2n) is 6.49. The third-order valence-electron chi connectivity index (χ3n) is 4.41. The minimum Gasteiger partial charge on any atom is -0.507 e. The van der Waals surface area contributed by atoms with Crippen molar-refractivity contribution in [3.8, 4) is 40.0 Å². The Balaban J connectivity index is 1.51. The smallest absolute Gasteiger partial charge is 0.173 e. The highest BCUT2D eigenvalue weighted by Crippen LogP contribution is 2.38. The second kappa shape index (κ2) is 8.80. The van der Waals surface area contributed by atoms with Crippen molar-refractivity contribution in [3.05, 3.63) is 83.5 Å². The molecule has 6 nitrogen and oxygen atoms in total. The van der Waals surface area contributed by atoms with Crippen molar-refractivity contribution in [1.82, 2.24) is 10.2 Å². The Kier molecular flexibility index (Phi) is 5.77. The zero-order valence-corrected chi connectivity index (χ0v) is 16.9. The molecule has 3 aromatic carbocycles. The molecular weight excluding hydrogens is 404 g/mol. The van der Waals surface area contributed by atoms with Gasteiger partial charge in [-0.1, -0.05) is 29.8 Å². The summed E-state index contributed by atoms with van der Waals surface area (Å²) >= 11 is 6.00. The van der Waals surface area contributed by atoms with Crippen molar-refractivity contribution in [2.45, 2.75) is 6.61 Å². The molecule has 0 atom stereocenters. The fourth-order valence-electron chi connectivity index (χ4n) is 2.94. The first-order valence-electron chi connectivity index (χ1n) is 9.18. The number of halogens is 1. The summed E-state index contributed by atoms with van der Waals surface area (Å²) in [6.45, 7) is 0.341. The molecule has 0 radical (unpaired) electrons. The maximum Gasteiger partial charge on any atom is 0.173 e. The molecule has 0 fully saturated rings. The van der Waals surface area contributed by atoms with E-state index >= 15 is 0 Å². The van der Waals surface area contributed by atoms with E-state index in [0.717, 1.165) is 5.56 Å². The monoisotopic (exact) mass is 422 g/mol. The third-order valence-corrected chi connectivity index (χ3v) is 4.64. The maximum absolute atomic E-state index is 10.6. The standard InChI is InChI=1S/C23H19ClN2O4/c1-28-17-6-3-7-19(11-17)30-22-13-25-26-23(22)20-9-8-18(12-21(20)27)29-14-15-4-2-5-16(24)10-15/h2-13,27H,14H2,1H3,(H,25,26). The van der Waals surface area contributed by atoms with Gasteiger partial charge in [-0.2, -0.15) is 5.10 Å². The lowest BCUT2D eigenvalue weighted by atomic mass is 10.1. The number of nitrogens with zero attached hydrogens (tertiary/aromatic N) is 1. The van der Waals surface area contributed by atoms with Crippen LogP contribution in [0.2, 0.25) is 5.02 Å². The molecule has 0 aliphatic rings. The number of ether oxygens (including phenoxy) is 3. The first-order valence-corrected chi connectivity index (χ1v) is 9.56. The number of hydrogen-bond donors (Lipinski definition) is 2. The van der Waals surface area contributed by atoms with Crippen LogP contribution in [0.3, 0.4) is 0 Å². The van der Waals surface area contributed by atoms with Crippen LogP contribution in [0.5, 0.6) is 28.7 Å². The zero-order valence-electron chi connectivity index (χ0n) is 16.1. The van der Waals surface area contributed by atoms with E-state index in [2.05, 4.69) is 10.2 Å². The minimum atomic E-state index is 0.0401. The number of phenols is 1. The first-order chi connectivity index (χ1) is 14.6. The quantitative estimate of drug-likeness (QED) is 0.392. The summed E-state index contributed by atoms with van der Waals surface area (Å²) in [5.74, 6) is 2.33. The molecule has 4 aromatic rings. The van der Waals surface area contributed by atoms with Crippen LogP contribution >= 0.6 is 11.6 Å². The van der Waals surface area contributed by atoms with Crippen molar-refractivity contribution < 1.29 is 19.3 Å². The molecule has 30 heavy (non-hydrogen) atoms. The summed E-state index contributed by atoms with van der Waals surface area (Å²) in [5, 5.41) is 18.1. The topological polar surface area (TPSA) is 76.6 Å². The summed E-state index contributed by atoms with van der Waals surface area (Å²) < 4.78 is 16.9. The Morgan fingerprint density at radius 1 is 0.967 bits per heavy atom. The van der Waals surface area contributed by atoms with Crippen molar-refractivity contribution >= 4 is 11.6 Å². The SMILES string of the molecule is COc1cccc(Oc2cn[nH]c2-c2ccc(OCc3cccc(Cl)c3)cc2O)c1. The molecule has 0 spiro atoms. The maximum atomic E-state index is 10.6.